The van der Waals surface area contributed by atoms with Crippen molar-refractivity contribution in [3.63, 3.8) is 0 Å². The number of aromatic nitrogens is 4. The maximum absolute atomic E-state index is 12.9. The predicted octanol–water partition coefficient (Wildman–Crippen LogP) is 0.807. The second-order valence-electron chi connectivity index (χ2n) is 7.15. The van der Waals surface area contributed by atoms with Gasteiger partial charge in [-0.05, 0) is 12.1 Å². The largest absolute Gasteiger partial charge is 0.506 e. The minimum absolute atomic E-state index is 0. The lowest BCUT2D eigenvalue weighted by Crippen LogP contribution is -2.44. The molecule has 0 unspecified atom stereocenters. The molecule has 3 heterocycles. The number of aliphatic carboxylic acids is 1. The molecule has 1 saturated heterocycles. The number of para-hydroxylation sites is 2. The highest BCUT2D eigenvalue weighted by molar-refractivity contribution is 5.78. The van der Waals surface area contributed by atoms with Crippen LogP contribution in [0.5, 0.6) is 5.75 Å². The number of nitrogens with zero attached hydrogens (tertiary/aromatic N) is 5. The number of hydrogen-bond donors (Lipinski definition) is 3. The standard InChI is InChI=1S/C17H20N6O3.C2HF3O2.CH4/c1-20-14-13(15(25)21(2)17(20)26)23(11-5-3-4-6-12(11)24)16(19-14)22-9-7-18-8-10-22;3-2(4,5)1(6)7;/h3-6,18,24H,7-10H2,1-2H3;(H,6,7);1H4. The van der Waals surface area contributed by atoms with Gasteiger partial charge in [-0.1, -0.05) is 19.6 Å². The third-order valence-electron chi connectivity index (χ3n) is 5.01. The van der Waals surface area contributed by atoms with Crippen molar-refractivity contribution in [1.29, 1.82) is 0 Å². The topological polar surface area (TPSA) is 135 Å². The summed E-state index contributed by atoms with van der Waals surface area (Å²) in [6, 6.07) is 6.80. The van der Waals surface area contributed by atoms with Gasteiger partial charge in [0.2, 0.25) is 5.95 Å². The van der Waals surface area contributed by atoms with Crippen LogP contribution in [0.3, 0.4) is 0 Å². The van der Waals surface area contributed by atoms with Gasteiger partial charge in [0, 0.05) is 40.3 Å². The molecule has 11 nitrogen and oxygen atoms in total. The number of halogens is 3. The number of carbonyl (C=O) groups is 1. The quantitative estimate of drug-likeness (QED) is 0.485. The predicted molar refractivity (Wildman–Crippen MR) is 119 cm³/mol. The van der Waals surface area contributed by atoms with Crippen LogP contribution in [-0.4, -0.2) is 67.2 Å². The summed E-state index contributed by atoms with van der Waals surface area (Å²) in [6.45, 7) is 3.01. The molecule has 1 aliphatic heterocycles. The number of piperazine rings is 1. The monoisotopic (exact) mass is 486 g/mol. The number of benzene rings is 1. The van der Waals surface area contributed by atoms with E-state index in [0.29, 0.717) is 30.4 Å². The molecule has 34 heavy (non-hydrogen) atoms. The van der Waals surface area contributed by atoms with Gasteiger partial charge in [-0.2, -0.15) is 18.2 Å². The first-order valence-electron chi connectivity index (χ1n) is 9.67. The Labute approximate surface area is 191 Å². The summed E-state index contributed by atoms with van der Waals surface area (Å²) in [7, 11) is 3.03. The second-order valence-corrected chi connectivity index (χ2v) is 7.15. The third kappa shape index (κ3) is 4.90. The lowest BCUT2D eigenvalue weighted by Gasteiger charge is -2.28. The molecule has 0 bridgehead atoms. The smallest absolute Gasteiger partial charge is 0.490 e. The van der Waals surface area contributed by atoms with Crippen LogP contribution in [0.1, 0.15) is 7.43 Å². The van der Waals surface area contributed by atoms with Crippen molar-refractivity contribution in [2.75, 3.05) is 31.1 Å². The average Bonchev–Trinajstić information content (AvgIpc) is 3.17. The number of nitrogens with one attached hydrogen (secondary N) is 1. The normalized spacial score (nSPS) is 13.7. The molecule has 2 aromatic heterocycles. The molecular weight excluding hydrogens is 461 g/mol. The van der Waals surface area contributed by atoms with Gasteiger partial charge in [0.1, 0.15) is 5.75 Å². The molecule has 186 valence electrons. The summed E-state index contributed by atoms with van der Waals surface area (Å²) in [4.78, 5) is 40.7. The van der Waals surface area contributed by atoms with Gasteiger partial charge in [-0.15, -0.1) is 0 Å². The zero-order valence-corrected chi connectivity index (χ0v) is 17.6. The van der Waals surface area contributed by atoms with Crippen molar-refractivity contribution in [3.8, 4) is 11.4 Å². The van der Waals surface area contributed by atoms with Gasteiger partial charge in [0.05, 0.1) is 5.69 Å². The third-order valence-corrected chi connectivity index (χ3v) is 5.01. The van der Waals surface area contributed by atoms with Crippen LogP contribution >= 0.6 is 0 Å². The number of aromatic hydroxyl groups is 1. The first kappa shape index (κ1) is 26.4. The first-order chi connectivity index (χ1) is 15.4. The Balaban J connectivity index is 0.000000449. The van der Waals surface area contributed by atoms with Crippen LogP contribution in [0.25, 0.3) is 16.9 Å². The van der Waals surface area contributed by atoms with Crippen LogP contribution in [0, 0.1) is 0 Å². The lowest BCUT2D eigenvalue weighted by atomic mass is 10.3. The molecule has 3 N–H and O–H groups in total. The highest BCUT2D eigenvalue weighted by Gasteiger charge is 2.38. The number of anilines is 1. The number of phenolic OH excluding ortho intramolecular Hbond substituents is 1. The number of fused-ring (bicyclic) bond motifs is 1. The maximum Gasteiger partial charge on any atom is 0.490 e. The minimum Gasteiger partial charge on any atom is -0.506 e. The highest BCUT2D eigenvalue weighted by atomic mass is 19.4. The molecule has 0 spiro atoms. The fourth-order valence-corrected chi connectivity index (χ4v) is 3.34. The fourth-order valence-electron chi connectivity index (χ4n) is 3.34. The number of aryl methyl sites for hydroxylation is 1. The van der Waals surface area contributed by atoms with Gasteiger partial charge >= 0.3 is 17.8 Å². The highest BCUT2D eigenvalue weighted by Crippen LogP contribution is 2.30. The zero-order valence-electron chi connectivity index (χ0n) is 17.6. The van der Waals surface area contributed by atoms with E-state index < -0.39 is 23.4 Å². The summed E-state index contributed by atoms with van der Waals surface area (Å²) in [5.41, 5.74) is 0.148. The number of phenols is 1. The Bertz CT molecular complexity index is 1300. The van der Waals surface area contributed by atoms with Gasteiger partial charge < -0.3 is 20.4 Å². The Morgan fingerprint density at radius 3 is 2.18 bits per heavy atom. The summed E-state index contributed by atoms with van der Waals surface area (Å²) >= 11 is 0. The van der Waals surface area contributed by atoms with Gasteiger partial charge in [0.25, 0.3) is 5.56 Å². The molecule has 1 fully saturated rings. The van der Waals surface area contributed by atoms with E-state index in [9.17, 15) is 27.9 Å². The molecule has 4 rings (SSSR count). The second kappa shape index (κ2) is 9.99. The number of rotatable bonds is 2. The summed E-state index contributed by atoms with van der Waals surface area (Å²) in [6.07, 6.45) is -5.08. The van der Waals surface area contributed by atoms with Gasteiger partial charge in [-0.3, -0.25) is 18.5 Å². The van der Waals surface area contributed by atoms with Crippen molar-refractivity contribution >= 4 is 23.1 Å². The Morgan fingerprint density at radius 2 is 1.65 bits per heavy atom. The molecule has 0 saturated carbocycles. The van der Waals surface area contributed by atoms with E-state index in [1.807, 2.05) is 4.90 Å². The molecule has 1 aliphatic rings. The van der Waals surface area contributed by atoms with Gasteiger partial charge in [0.15, 0.2) is 11.2 Å². The minimum atomic E-state index is -5.08. The van der Waals surface area contributed by atoms with Crippen LogP contribution < -0.4 is 21.5 Å². The molecular formula is C20H25F3N6O5. The summed E-state index contributed by atoms with van der Waals surface area (Å²) in [5, 5.41) is 20.8. The zero-order chi connectivity index (χ0) is 24.5. The molecule has 0 atom stereocenters. The van der Waals surface area contributed by atoms with E-state index in [2.05, 4.69) is 10.3 Å². The van der Waals surface area contributed by atoms with E-state index in [4.69, 9.17) is 9.90 Å². The Morgan fingerprint density at radius 1 is 1.09 bits per heavy atom. The lowest BCUT2D eigenvalue weighted by molar-refractivity contribution is -0.192. The molecule has 0 radical (unpaired) electrons. The molecule has 0 amide bonds. The van der Waals surface area contributed by atoms with Crippen molar-refractivity contribution < 1.29 is 28.2 Å². The molecule has 3 aromatic rings. The van der Waals surface area contributed by atoms with Crippen molar-refractivity contribution in [2.24, 2.45) is 14.1 Å². The fraction of sp³-hybridized carbons (Fsp3) is 0.400. The first-order valence-corrected chi connectivity index (χ1v) is 9.67. The number of carboxylic acids is 1. The Kier molecular flexibility index (Phi) is 7.77. The van der Waals surface area contributed by atoms with Crippen LogP contribution in [-0.2, 0) is 18.9 Å². The average molecular weight is 486 g/mol. The molecule has 14 heteroatoms. The summed E-state index contributed by atoms with van der Waals surface area (Å²) < 4.78 is 35.8. The van der Waals surface area contributed by atoms with Crippen molar-refractivity contribution in [1.82, 2.24) is 24.0 Å². The SMILES string of the molecule is C.Cn1c(=O)c2c(nc(N3CCNCC3)n2-c2ccccc2O)n(C)c1=O.O=C(O)C(F)(F)F. The van der Waals surface area contributed by atoms with E-state index in [1.54, 1.807) is 35.9 Å². The van der Waals surface area contributed by atoms with E-state index >= 15 is 0 Å². The number of hydrogen-bond acceptors (Lipinski definition) is 7. The van der Waals surface area contributed by atoms with Gasteiger partial charge in [-0.25, -0.2) is 9.59 Å². The molecule has 0 aliphatic carbocycles. The summed E-state index contributed by atoms with van der Waals surface area (Å²) in [5.74, 6) is -2.17. The molecule has 1 aromatic carbocycles. The van der Waals surface area contributed by atoms with E-state index in [1.165, 1.54) is 11.6 Å². The number of imidazole rings is 1. The maximum atomic E-state index is 12.9. The van der Waals surface area contributed by atoms with Crippen LogP contribution in [0.15, 0.2) is 33.9 Å². The van der Waals surface area contributed by atoms with Crippen LogP contribution in [0.2, 0.25) is 0 Å². The number of carboxylic acid groups (broad SMARTS) is 1. The van der Waals surface area contributed by atoms with E-state index in [-0.39, 0.29) is 18.7 Å². The van der Waals surface area contributed by atoms with Crippen molar-refractivity contribution in [3.05, 3.63) is 45.1 Å². The van der Waals surface area contributed by atoms with E-state index in [0.717, 1.165) is 17.7 Å². The number of alkyl halides is 3. The van der Waals surface area contributed by atoms with Crippen LogP contribution in [0.4, 0.5) is 19.1 Å². The Hall–Kier alpha value is -3.81. The van der Waals surface area contributed by atoms with Crippen molar-refractivity contribution in [2.45, 2.75) is 13.6 Å².